The number of carbonyl (C=O) groups is 2. The van der Waals surface area contributed by atoms with E-state index in [0.717, 1.165) is 31.5 Å². The molecular formula is C17H25N3O2. The zero-order valence-corrected chi connectivity index (χ0v) is 13.4. The van der Waals surface area contributed by atoms with Crippen LogP contribution in [0.15, 0.2) is 30.3 Å². The average molecular weight is 303 g/mol. The van der Waals surface area contributed by atoms with E-state index >= 15 is 0 Å². The first-order valence-electron chi connectivity index (χ1n) is 7.81. The standard InChI is InChI=1S/C17H25N3O2/c1-13(20-10-8-15(9-11-20)16(18)21)17(22)19(2)12-14-6-4-3-5-7-14/h3-7,13,15H,8-12H2,1-2H3,(H2,18,21)/t13-/m0/s1. The lowest BCUT2D eigenvalue weighted by atomic mass is 9.95. The minimum absolute atomic E-state index is 0.0411. The summed E-state index contributed by atoms with van der Waals surface area (Å²) in [6, 6.07) is 9.80. The van der Waals surface area contributed by atoms with Crippen LogP contribution in [0.1, 0.15) is 25.3 Å². The molecule has 1 fully saturated rings. The Morgan fingerprint density at radius 1 is 1.27 bits per heavy atom. The van der Waals surface area contributed by atoms with Crippen molar-refractivity contribution in [2.75, 3.05) is 20.1 Å². The Morgan fingerprint density at radius 2 is 1.86 bits per heavy atom. The minimum Gasteiger partial charge on any atom is -0.369 e. The second kappa shape index (κ2) is 7.40. The molecule has 2 N–H and O–H groups in total. The first-order valence-corrected chi connectivity index (χ1v) is 7.81. The van der Waals surface area contributed by atoms with E-state index in [1.54, 1.807) is 4.90 Å². The molecule has 1 saturated heterocycles. The van der Waals surface area contributed by atoms with Gasteiger partial charge in [0.25, 0.3) is 0 Å². The fourth-order valence-electron chi connectivity index (χ4n) is 2.98. The molecule has 1 aromatic carbocycles. The van der Waals surface area contributed by atoms with E-state index in [1.165, 1.54) is 0 Å². The van der Waals surface area contributed by atoms with Crippen LogP contribution in [0.3, 0.4) is 0 Å². The van der Waals surface area contributed by atoms with Gasteiger partial charge in [0.05, 0.1) is 6.04 Å². The fraction of sp³-hybridized carbons (Fsp3) is 0.529. The van der Waals surface area contributed by atoms with Crippen molar-refractivity contribution in [1.29, 1.82) is 0 Å². The fourth-order valence-corrected chi connectivity index (χ4v) is 2.98. The van der Waals surface area contributed by atoms with Crippen LogP contribution in [-0.4, -0.2) is 47.8 Å². The summed E-state index contributed by atoms with van der Waals surface area (Å²) in [7, 11) is 1.84. The van der Waals surface area contributed by atoms with Crippen molar-refractivity contribution in [2.24, 2.45) is 11.7 Å². The molecule has 1 aromatic rings. The minimum atomic E-state index is -0.222. The summed E-state index contributed by atoms with van der Waals surface area (Å²) in [5, 5.41) is 0. The summed E-state index contributed by atoms with van der Waals surface area (Å²) in [4.78, 5) is 27.7. The molecule has 0 bridgehead atoms. The molecule has 5 nitrogen and oxygen atoms in total. The molecule has 1 heterocycles. The van der Waals surface area contributed by atoms with Crippen molar-refractivity contribution in [3.63, 3.8) is 0 Å². The van der Waals surface area contributed by atoms with Crippen molar-refractivity contribution >= 4 is 11.8 Å². The number of nitrogens with zero attached hydrogens (tertiary/aromatic N) is 2. The number of piperidine rings is 1. The molecule has 0 spiro atoms. The lowest BCUT2D eigenvalue weighted by Crippen LogP contribution is -2.49. The predicted molar refractivity (Wildman–Crippen MR) is 85.9 cm³/mol. The molecule has 1 aliphatic rings. The van der Waals surface area contributed by atoms with Crippen LogP contribution in [0.25, 0.3) is 0 Å². The van der Waals surface area contributed by atoms with E-state index in [-0.39, 0.29) is 23.8 Å². The summed E-state index contributed by atoms with van der Waals surface area (Å²) in [5.74, 6) is -0.151. The van der Waals surface area contributed by atoms with Crippen LogP contribution in [-0.2, 0) is 16.1 Å². The summed E-state index contributed by atoms with van der Waals surface area (Å²) >= 11 is 0. The summed E-state index contributed by atoms with van der Waals surface area (Å²) in [6.07, 6.45) is 1.49. The van der Waals surface area contributed by atoms with Gasteiger partial charge in [-0.3, -0.25) is 14.5 Å². The molecule has 22 heavy (non-hydrogen) atoms. The maximum Gasteiger partial charge on any atom is 0.239 e. The van der Waals surface area contributed by atoms with Gasteiger partial charge in [0.15, 0.2) is 0 Å². The number of nitrogens with two attached hydrogens (primary N) is 1. The Hall–Kier alpha value is -1.88. The van der Waals surface area contributed by atoms with E-state index < -0.39 is 0 Å². The first kappa shape index (κ1) is 16.5. The number of carbonyl (C=O) groups excluding carboxylic acids is 2. The lowest BCUT2D eigenvalue weighted by molar-refractivity contribution is -0.136. The maximum absolute atomic E-state index is 12.6. The Kier molecular flexibility index (Phi) is 5.55. The summed E-state index contributed by atoms with van der Waals surface area (Å²) in [5.41, 5.74) is 6.47. The number of likely N-dealkylation sites (N-methyl/N-ethyl adjacent to an activating group) is 1. The van der Waals surface area contributed by atoms with Crippen molar-refractivity contribution in [3.05, 3.63) is 35.9 Å². The zero-order chi connectivity index (χ0) is 16.1. The molecular weight excluding hydrogens is 278 g/mol. The van der Waals surface area contributed by atoms with Crippen LogP contribution in [0.2, 0.25) is 0 Å². The summed E-state index contributed by atoms with van der Waals surface area (Å²) in [6.45, 7) is 4.05. The average Bonchev–Trinajstić information content (AvgIpc) is 2.54. The Labute approximate surface area is 132 Å². The van der Waals surface area contributed by atoms with Gasteiger partial charge in [-0.1, -0.05) is 30.3 Å². The molecule has 1 atom stereocenters. The van der Waals surface area contributed by atoms with E-state index in [2.05, 4.69) is 4.90 Å². The smallest absolute Gasteiger partial charge is 0.239 e. The van der Waals surface area contributed by atoms with Crippen molar-refractivity contribution in [1.82, 2.24) is 9.80 Å². The van der Waals surface area contributed by atoms with E-state index in [9.17, 15) is 9.59 Å². The quantitative estimate of drug-likeness (QED) is 0.889. The number of hydrogen-bond acceptors (Lipinski definition) is 3. The van der Waals surface area contributed by atoms with Gasteiger partial charge in [-0.05, 0) is 38.4 Å². The number of rotatable bonds is 5. The molecule has 0 aromatic heterocycles. The SMILES string of the molecule is C[C@@H](C(=O)N(C)Cc1ccccc1)N1CCC(C(N)=O)CC1. The number of hydrogen-bond donors (Lipinski definition) is 1. The van der Waals surface area contributed by atoms with Crippen LogP contribution in [0, 0.1) is 5.92 Å². The zero-order valence-electron chi connectivity index (χ0n) is 13.4. The first-order chi connectivity index (χ1) is 10.5. The van der Waals surface area contributed by atoms with Gasteiger partial charge in [0, 0.05) is 19.5 Å². The van der Waals surface area contributed by atoms with Crippen LogP contribution < -0.4 is 5.73 Å². The Bertz CT molecular complexity index is 510. The third-order valence-electron chi connectivity index (χ3n) is 4.48. The lowest BCUT2D eigenvalue weighted by Gasteiger charge is -2.35. The normalized spacial score (nSPS) is 17.9. The molecule has 1 aliphatic heterocycles. The monoisotopic (exact) mass is 303 g/mol. The molecule has 0 saturated carbocycles. The molecule has 0 unspecified atom stereocenters. The van der Waals surface area contributed by atoms with Gasteiger partial charge < -0.3 is 10.6 Å². The second-order valence-corrected chi connectivity index (χ2v) is 6.07. The Morgan fingerprint density at radius 3 is 2.41 bits per heavy atom. The summed E-state index contributed by atoms with van der Waals surface area (Å²) < 4.78 is 0. The Balaban J connectivity index is 1.88. The predicted octanol–water partition coefficient (Wildman–Crippen LogP) is 1.23. The van der Waals surface area contributed by atoms with Crippen LogP contribution >= 0.6 is 0 Å². The van der Waals surface area contributed by atoms with Crippen molar-refractivity contribution in [3.8, 4) is 0 Å². The van der Waals surface area contributed by atoms with Gasteiger partial charge in [0.1, 0.15) is 0 Å². The maximum atomic E-state index is 12.6. The van der Waals surface area contributed by atoms with Gasteiger partial charge in [-0.15, -0.1) is 0 Å². The van der Waals surface area contributed by atoms with Gasteiger partial charge in [-0.25, -0.2) is 0 Å². The molecule has 120 valence electrons. The van der Waals surface area contributed by atoms with Gasteiger partial charge in [-0.2, -0.15) is 0 Å². The highest BCUT2D eigenvalue weighted by atomic mass is 16.2. The van der Waals surface area contributed by atoms with Crippen LogP contribution in [0.5, 0.6) is 0 Å². The van der Waals surface area contributed by atoms with E-state index in [1.807, 2.05) is 44.3 Å². The van der Waals surface area contributed by atoms with Crippen molar-refractivity contribution in [2.45, 2.75) is 32.4 Å². The number of primary amides is 1. The topological polar surface area (TPSA) is 66.6 Å². The highest BCUT2D eigenvalue weighted by Gasteiger charge is 2.29. The van der Waals surface area contributed by atoms with Gasteiger partial charge in [0.2, 0.25) is 11.8 Å². The molecule has 5 heteroatoms. The van der Waals surface area contributed by atoms with Crippen LogP contribution in [0.4, 0.5) is 0 Å². The molecule has 0 radical (unpaired) electrons. The highest BCUT2D eigenvalue weighted by molar-refractivity contribution is 5.81. The molecule has 2 rings (SSSR count). The highest BCUT2D eigenvalue weighted by Crippen LogP contribution is 2.19. The van der Waals surface area contributed by atoms with Crippen molar-refractivity contribution < 1.29 is 9.59 Å². The third kappa shape index (κ3) is 4.07. The number of benzene rings is 1. The number of likely N-dealkylation sites (tertiary alicyclic amines) is 1. The van der Waals surface area contributed by atoms with E-state index in [0.29, 0.717) is 6.54 Å². The number of amides is 2. The van der Waals surface area contributed by atoms with E-state index in [4.69, 9.17) is 5.73 Å². The molecule has 0 aliphatic carbocycles. The van der Waals surface area contributed by atoms with Gasteiger partial charge >= 0.3 is 0 Å². The second-order valence-electron chi connectivity index (χ2n) is 6.07. The third-order valence-corrected chi connectivity index (χ3v) is 4.48. The molecule has 2 amide bonds. The largest absolute Gasteiger partial charge is 0.369 e.